The smallest absolute Gasteiger partial charge is 0.293 e. The van der Waals surface area contributed by atoms with E-state index in [0.29, 0.717) is 0 Å². The Hall–Kier alpha value is -0.570. The van der Waals surface area contributed by atoms with Gasteiger partial charge in [-0.3, -0.25) is 15.0 Å². The van der Waals surface area contributed by atoms with Crippen molar-refractivity contribution in [2.24, 2.45) is 0 Å². The number of rotatable bonds is 3. The molecule has 2 saturated heterocycles. The summed E-state index contributed by atoms with van der Waals surface area (Å²) in [5.74, 6) is 2.24. The lowest BCUT2D eigenvalue weighted by molar-refractivity contribution is -0.384. The zero-order valence-electron chi connectivity index (χ0n) is 10.1. The summed E-state index contributed by atoms with van der Waals surface area (Å²) >= 11 is 5.55. The first-order valence-electron chi connectivity index (χ1n) is 5.87. The van der Waals surface area contributed by atoms with Crippen LogP contribution in [0.5, 0.6) is 0 Å². The Kier molecular flexibility index (Phi) is 3.59. The first-order chi connectivity index (χ1) is 9.11. The minimum atomic E-state index is -0.418. The molecule has 1 aromatic rings. The Bertz CT molecular complexity index is 516. The highest BCUT2D eigenvalue weighted by Gasteiger charge is 2.47. The molecule has 0 unspecified atom stereocenters. The number of nitro groups is 1. The summed E-state index contributed by atoms with van der Waals surface area (Å²) < 4.78 is 0.00395. The number of thioether (sulfide) groups is 3. The molecule has 2 fully saturated rings. The predicted molar refractivity (Wildman–Crippen MR) is 82.6 cm³/mol. The number of nitrogens with zero attached hydrogens (tertiary/aromatic N) is 2. The van der Waals surface area contributed by atoms with Gasteiger partial charge in [0.1, 0.15) is 5.69 Å². The topological polar surface area (TPSA) is 72.4 Å². The van der Waals surface area contributed by atoms with E-state index in [1.165, 1.54) is 0 Å². The number of nitrogens with two attached hydrogens (primary N) is 1. The van der Waals surface area contributed by atoms with Crippen LogP contribution < -0.4 is 5.73 Å². The molecule has 3 rings (SSSR count). The zero-order valence-corrected chi connectivity index (χ0v) is 12.5. The van der Waals surface area contributed by atoms with E-state index < -0.39 is 4.92 Å². The van der Waals surface area contributed by atoms with Crippen LogP contribution in [0.1, 0.15) is 0 Å². The average molecular weight is 315 g/mol. The number of anilines is 1. The van der Waals surface area contributed by atoms with Crippen molar-refractivity contribution in [3.8, 4) is 0 Å². The largest absolute Gasteiger partial charge is 0.393 e. The van der Waals surface area contributed by atoms with Gasteiger partial charge in [-0.05, 0) is 12.1 Å². The third-order valence-corrected chi connectivity index (χ3v) is 8.06. The van der Waals surface area contributed by atoms with Gasteiger partial charge in [0.25, 0.3) is 5.69 Å². The molecule has 1 aromatic carbocycles. The molecule has 8 heteroatoms. The van der Waals surface area contributed by atoms with Gasteiger partial charge < -0.3 is 5.73 Å². The quantitative estimate of drug-likeness (QED) is 0.522. The van der Waals surface area contributed by atoms with Crippen LogP contribution in [0.15, 0.2) is 23.1 Å². The van der Waals surface area contributed by atoms with E-state index in [9.17, 15) is 10.1 Å². The standard InChI is InChI=1S/C11H13N3O2S3/c12-9-2-1-8(7-10(9)14(15)16)19-11-13(3-5-17-11)4-6-18-11/h1-2,7H,3-6,12H2. The zero-order chi connectivity index (χ0) is 13.5. The van der Waals surface area contributed by atoms with Crippen molar-refractivity contribution in [2.75, 3.05) is 30.3 Å². The van der Waals surface area contributed by atoms with E-state index in [0.717, 1.165) is 29.5 Å². The molecular weight excluding hydrogens is 302 g/mol. The monoisotopic (exact) mass is 315 g/mol. The third-order valence-electron chi connectivity index (χ3n) is 3.12. The first kappa shape index (κ1) is 13.4. The Morgan fingerprint density at radius 2 is 2.05 bits per heavy atom. The summed E-state index contributed by atoms with van der Waals surface area (Å²) in [5.41, 5.74) is 5.85. The highest BCUT2D eigenvalue weighted by atomic mass is 32.3. The third kappa shape index (κ3) is 2.42. The summed E-state index contributed by atoms with van der Waals surface area (Å²) in [5, 5.41) is 10.9. The van der Waals surface area contributed by atoms with Gasteiger partial charge in [0.2, 0.25) is 0 Å². The molecule has 0 atom stereocenters. The van der Waals surface area contributed by atoms with Crippen LogP contribution in [0.25, 0.3) is 0 Å². The molecule has 5 nitrogen and oxygen atoms in total. The van der Waals surface area contributed by atoms with Crippen molar-refractivity contribution in [1.29, 1.82) is 0 Å². The highest BCUT2D eigenvalue weighted by molar-refractivity contribution is 8.34. The summed E-state index contributed by atoms with van der Waals surface area (Å²) in [7, 11) is 0. The van der Waals surface area contributed by atoms with Crippen LogP contribution >= 0.6 is 35.3 Å². The maximum Gasteiger partial charge on any atom is 0.293 e. The summed E-state index contributed by atoms with van der Waals surface area (Å²) in [6.45, 7) is 2.20. The molecule has 0 aliphatic carbocycles. The van der Waals surface area contributed by atoms with Crippen molar-refractivity contribution in [3.63, 3.8) is 0 Å². The predicted octanol–water partition coefficient (Wildman–Crippen LogP) is 2.68. The van der Waals surface area contributed by atoms with Gasteiger partial charge in [0.05, 0.1) is 4.92 Å². The minimum Gasteiger partial charge on any atom is -0.393 e. The van der Waals surface area contributed by atoms with E-state index in [1.807, 2.05) is 29.6 Å². The summed E-state index contributed by atoms with van der Waals surface area (Å²) in [6, 6.07) is 5.09. The van der Waals surface area contributed by atoms with Crippen LogP contribution in [0, 0.1) is 10.1 Å². The van der Waals surface area contributed by atoms with Gasteiger partial charge in [-0.15, -0.1) is 23.5 Å². The molecular formula is C11H13N3O2S3. The number of benzene rings is 1. The fraction of sp³-hybridized carbons (Fsp3) is 0.455. The molecule has 2 heterocycles. The maximum absolute atomic E-state index is 10.9. The second-order valence-corrected chi connectivity index (χ2v) is 8.90. The number of nitro benzene ring substituents is 1. The molecule has 102 valence electrons. The molecule has 0 bridgehead atoms. The highest BCUT2D eigenvalue weighted by Crippen LogP contribution is 2.58. The molecule has 0 amide bonds. The van der Waals surface area contributed by atoms with Crippen LogP contribution in [0.4, 0.5) is 11.4 Å². The molecule has 2 aliphatic rings. The van der Waals surface area contributed by atoms with Gasteiger partial charge in [0.15, 0.2) is 3.54 Å². The van der Waals surface area contributed by atoms with Crippen molar-refractivity contribution in [1.82, 2.24) is 4.90 Å². The van der Waals surface area contributed by atoms with Crippen LogP contribution in [0.3, 0.4) is 0 Å². The molecule has 19 heavy (non-hydrogen) atoms. The fourth-order valence-electron chi connectivity index (χ4n) is 2.20. The van der Waals surface area contributed by atoms with E-state index in [2.05, 4.69) is 4.90 Å². The number of hydrogen-bond acceptors (Lipinski definition) is 7. The molecule has 2 aliphatic heterocycles. The second kappa shape index (κ2) is 5.08. The van der Waals surface area contributed by atoms with E-state index >= 15 is 0 Å². The number of fused-ring (bicyclic) bond motifs is 1. The molecule has 0 radical (unpaired) electrons. The van der Waals surface area contributed by atoms with Gasteiger partial charge in [0, 0.05) is 35.6 Å². The van der Waals surface area contributed by atoms with Crippen molar-refractivity contribution >= 4 is 46.7 Å². The lowest BCUT2D eigenvalue weighted by Crippen LogP contribution is -2.30. The maximum atomic E-state index is 10.9. The lowest BCUT2D eigenvalue weighted by Gasteiger charge is -2.28. The van der Waals surface area contributed by atoms with Crippen LogP contribution in [0.2, 0.25) is 0 Å². The van der Waals surface area contributed by atoms with Gasteiger partial charge in [-0.1, -0.05) is 11.8 Å². The van der Waals surface area contributed by atoms with E-state index in [4.69, 9.17) is 5.73 Å². The molecule has 0 saturated carbocycles. The van der Waals surface area contributed by atoms with Crippen LogP contribution in [-0.4, -0.2) is 38.0 Å². The van der Waals surface area contributed by atoms with Gasteiger partial charge in [-0.2, -0.15) is 0 Å². The second-order valence-electron chi connectivity index (χ2n) is 4.29. The van der Waals surface area contributed by atoms with E-state index in [1.54, 1.807) is 23.9 Å². The first-order valence-corrected chi connectivity index (χ1v) is 8.65. The van der Waals surface area contributed by atoms with Crippen molar-refractivity contribution in [3.05, 3.63) is 28.3 Å². The van der Waals surface area contributed by atoms with Crippen molar-refractivity contribution in [2.45, 2.75) is 8.43 Å². The average Bonchev–Trinajstić information content (AvgIpc) is 2.90. The van der Waals surface area contributed by atoms with E-state index in [-0.39, 0.29) is 14.9 Å². The Labute approximate surface area is 123 Å². The number of nitrogen functional groups attached to an aromatic ring is 1. The van der Waals surface area contributed by atoms with Gasteiger partial charge in [-0.25, -0.2) is 0 Å². The summed E-state index contributed by atoms with van der Waals surface area (Å²) in [4.78, 5) is 13.9. The Balaban J connectivity index is 1.87. The number of hydrogen-bond donors (Lipinski definition) is 1. The molecule has 0 aromatic heterocycles. The molecule has 2 N–H and O–H groups in total. The fourth-order valence-corrected chi connectivity index (χ4v) is 7.36. The Morgan fingerprint density at radius 3 is 2.68 bits per heavy atom. The van der Waals surface area contributed by atoms with Crippen LogP contribution in [-0.2, 0) is 0 Å². The normalized spacial score (nSPS) is 21.5. The Morgan fingerprint density at radius 1 is 1.37 bits per heavy atom. The molecule has 0 spiro atoms. The minimum absolute atomic E-state index is 0.000978. The summed E-state index contributed by atoms with van der Waals surface area (Å²) in [6.07, 6.45) is 0. The van der Waals surface area contributed by atoms with Gasteiger partial charge >= 0.3 is 0 Å². The SMILES string of the molecule is Nc1ccc(SC23SCCN2CCS3)cc1[N+](=O)[O-]. The van der Waals surface area contributed by atoms with Crippen molar-refractivity contribution < 1.29 is 4.92 Å². The lowest BCUT2D eigenvalue weighted by atomic mass is 10.3.